The van der Waals surface area contributed by atoms with E-state index in [1.54, 1.807) is 12.3 Å². The first-order valence-corrected chi connectivity index (χ1v) is 11.4. The molecule has 2 aromatic carbocycles. The molecule has 0 unspecified atom stereocenters. The number of rotatable bonds is 7. The van der Waals surface area contributed by atoms with Crippen LogP contribution in [0.15, 0.2) is 57.9 Å². The molecule has 1 aliphatic heterocycles. The van der Waals surface area contributed by atoms with Crippen molar-refractivity contribution in [3.8, 4) is 0 Å². The van der Waals surface area contributed by atoms with Gasteiger partial charge in [0.2, 0.25) is 5.95 Å². The van der Waals surface area contributed by atoms with E-state index in [1.807, 2.05) is 25.1 Å². The van der Waals surface area contributed by atoms with E-state index in [0.717, 1.165) is 29.9 Å². The number of oxazole rings is 1. The van der Waals surface area contributed by atoms with E-state index in [-0.39, 0.29) is 0 Å². The van der Waals surface area contributed by atoms with Crippen LogP contribution in [0.4, 0.5) is 23.1 Å². The summed E-state index contributed by atoms with van der Waals surface area (Å²) in [5, 5.41) is 6.64. The Morgan fingerprint density at radius 1 is 1.06 bits per heavy atom. The predicted molar refractivity (Wildman–Crippen MR) is 131 cm³/mol. The zero-order chi connectivity index (χ0) is 22.6. The van der Waals surface area contributed by atoms with Crippen LogP contribution in [0.2, 0.25) is 0 Å². The first kappa shape index (κ1) is 21.2. The van der Waals surface area contributed by atoms with Gasteiger partial charge in [0.05, 0.1) is 5.52 Å². The minimum absolute atomic E-state index is 0.468. The third kappa shape index (κ3) is 5.23. The molecule has 0 radical (unpaired) electrons. The van der Waals surface area contributed by atoms with Gasteiger partial charge in [-0.25, -0.2) is 9.78 Å². The second kappa shape index (κ2) is 9.46. The summed E-state index contributed by atoms with van der Waals surface area (Å²) in [6.07, 6.45) is 6.82. The summed E-state index contributed by atoms with van der Waals surface area (Å²) in [6, 6.07) is 13.9. The molecule has 0 bridgehead atoms. The van der Waals surface area contributed by atoms with Gasteiger partial charge in [0.25, 0.3) is 0 Å². The molecular formula is C25H28N6O2. The van der Waals surface area contributed by atoms with Gasteiger partial charge in [0, 0.05) is 29.7 Å². The van der Waals surface area contributed by atoms with Crippen LogP contribution in [0.5, 0.6) is 0 Å². The minimum Gasteiger partial charge on any atom is -0.408 e. The highest BCUT2D eigenvalue weighted by Gasteiger charge is 2.10. The van der Waals surface area contributed by atoms with Gasteiger partial charge in [-0.15, -0.1) is 0 Å². The summed E-state index contributed by atoms with van der Waals surface area (Å²) in [4.78, 5) is 25.7. The molecule has 8 heteroatoms. The van der Waals surface area contributed by atoms with Crippen molar-refractivity contribution in [2.24, 2.45) is 0 Å². The van der Waals surface area contributed by atoms with E-state index in [0.29, 0.717) is 22.9 Å². The van der Waals surface area contributed by atoms with E-state index in [9.17, 15) is 4.79 Å². The highest BCUT2D eigenvalue weighted by atomic mass is 16.4. The molecule has 0 atom stereocenters. The highest BCUT2D eigenvalue weighted by Crippen LogP contribution is 2.23. The van der Waals surface area contributed by atoms with Crippen LogP contribution >= 0.6 is 0 Å². The number of hydrogen-bond acceptors (Lipinski definition) is 7. The van der Waals surface area contributed by atoms with Crippen molar-refractivity contribution < 1.29 is 4.42 Å². The van der Waals surface area contributed by atoms with Crippen molar-refractivity contribution in [1.82, 2.24) is 19.9 Å². The van der Waals surface area contributed by atoms with Crippen molar-refractivity contribution in [1.29, 1.82) is 0 Å². The molecular weight excluding hydrogens is 416 g/mol. The monoisotopic (exact) mass is 444 g/mol. The predicted octanol–water partition coefficient (Wildman–Crippen LogP) is 4.74. The molecule has 4 aromatic rings. The minimum atomic E-state index is -0.468. The number of nitrogens with one attached hydrogen (secondary N) is 3. The van der Waals surface area contributed by atoms with Gasteiger partial charge in [-0.2, -0.15) is 4.98 Å². The van der Waals surface area contributed by atoms with Crippen molar-refractivity contribution in [2.45, 2.75) is 32.6 Å². The average molecular weight is 445 g/mol. The molecule has 33 heavy (non-hydrogen) atoms. The maximum atomic E-state index is 11.4. The Kier molecular flexibility index (Phi) is 6.08. The molecule has 3 N–H and O–H groups in total. The van der Waals surface area contributed by atoms with Crippen LogP contribution < -0.4 is 16.4 Å². The summed E-state index contributed by atoms with van der Waals surface area (Å²) >= 11 is 0. The van der Waals surface area contributed by atoms with E-state index >= 15 is 0 Å². The number of hydrogen-bond donors (Lipinski definition) is 3. The molecule has 8 nitrogen and oxygen atoms in total. The van der Waals surface area contributed by atoms with Gasteiger partial charge in [0.15, 0.2) is 5.58 Å². The molecule has 1 fully saturated rings. The molecule has 2 aromatic heterocycles. The number of fused-ring (bicyclic) bond motifs is 1. The first-order valence-electron chi connectivity index (χ1n) is 11.4. The molecule has 1 aliphatic rings. The second-order valence-electron chi connectivity index (χ2n) is 8.55. The Balaban J connectivity index is 1.28. The van der Waals surface area contributed by atoms with Crippen LogP contribution in [-0.4, -0.2) is 39.5 Å². The number of piperidine rings is 1. The zero-order valence-corrected chi connectivity index (χ0v) is 18.7. The Morgan fingerprint density at radius 3 is 2.79 bits per heavy atom. The SMILES string of the molecule is Cc1cnc(Nc2cccc(CCN3CCCCC3)c2)nc1Nc1ccc2oc(=O)[nH]c2c1. The maximum absolute atomic E-state index is 11.4. The highest BCUT2D eigenvalue weighted by molar-refractivity contribution is 5.78. The topological polar surface area (TPSA) is 99.1 Å². The standard InChI is InChI=1S/C25H28N6O2/c1-17-16-26-24(30-23(17)27-20-8-9-22-21(15-20)29-25(32)33-22)28-19-7-5-6-18(14-19)10-13-31-11-3-2-4-12-31/h5-9,14-16H,2-4,10-13H2,1H3,(H,29,32)(H2,26,27,28,30). The van der Waals surface area contributed by atoms with Crippen molar-refractivity contribution in [2.75, 3.05) is 30.3 Å². The third-order valence-corrected chi connectivity index (χ3v) is 6.00. The van der Waals surface area contributed by atoms with Gasteiger partial charge < -0.3 is 20.0 Å². The van der Waals surface area contributed by atoms with Crippen LogP contribution in [0.3, 0.4) is 0 Å². The molecule has 0 saturated carbocycles. The number of aromatic amines is 1. The second-order valence-corrected chi connectivity index (χ2v) is 8.55. The molecule has 0 amide bonds. The Labute approximate surface area is 192 Å². The molecule has 3 heterocycles. The summed E-state index contributed by atoms with van der Waals surface area (Å²) in [5.41, 5.74) is 5.14. The largest absolute Gasteiger partial charge is 0.417 e. The molecule has 0 spiro atoms. The number of anilines is 4. The summed E-state index contributed by atoms with van der Waals surface area (Å²) in [5.74, 6) is 0.748. The fraction of sp³-hybridized carbons (Fsp3) is 0.320. The van der Waals surface area contributed by atoms with Gasteiger partial charge >= 0.3 is 5.76 Å². The summed E-state index contributed by atoms with van der Waals surface area (Å²) in [7, 11) is 0. The van der Waals surface area contributed by atoms with Gasteiger partial charge in [-0.3, -0.25) is 4.98 Å². The zero-order valence-electron chi connectivity index (χ0n) is 18.7. The number of aromatic nitrogens is 3. The average Bonchev–Trinajstić information content (AvgIpc) is 3.20. The lowest BCUT2D eigenvalue weighted by Crippen LogP contribution is -2.31. The maximum Gasteiger partial charge on any atom is 0.417 e. The van der Waals surface area contributed by atoms with Crippen molar-refractivity contribution >= 4 is 34.2 Å². The summed E-state index contributed by atoms with van der Waals surface area (Å²) < 4.78 is 5.07. The lowest BCUT2D eigenvalue weighted by atomic mass is 10.1. The lowest BCUT2D eigenvalue weighted by Gasteiger charge is -2.26. The molecule has 0 aliphatic carbocycles. The Bertz CT molecular complexity index is 1310. The smallest absolute Gasteiger partial charge is 0.408 e. The number of likely N-dealkylation sites (tertiary alicyclic amines) is 1. The van der Waals surface area contributed by atoms with Crippen LogP contribution in [0, 0.1) is 6.92 Å². The lowest BCUT2D eigenvalue weighted by molar-refractivity contribution is 0.231. The molecule has 5 rings (SSSR count). The number of aryl methyl sites for hydroxylation is 1. The van der Waals surface area contributed by atoms with E-state index in [2.05, 4.69) is 48.7 Å². The van der Waals surface area contributed by atoms with Crippen molar-refractivity contribution in [3.05, 3.63) is 70.3 Å². The van der Waals surface area contributed by atoms with E-state index < -0.39 is 5.76 Å². The van der Waals surface area contributed by atoms with Gasteiger partial charge in [-0.05, 0) is 75.2 Å². The van der Waals surface area contributed by atoms with Gasteiger partial charge in [0.1, 0.15) is 5.82 Å². The van der Waals surface area contributed by atoms with Crippen LogP contribution in [0.25, 0.3) is 11.1 Å². The Morgan fingerprint density at radius 2 is 1.91 bits per heavy atom. The fourth-order valence-electron chi connectivity index (χ4n) is 4.20. The van der Waals surface area contributed by atoms with Crippen LogP contribution in [0.1, 0.15) is 30.4 Å². The number of nitrogens with zero attached hydrogens (tertiary/aromatic N) is 3. The number of benzene rings is 2. The number of H-pyrrole nitrogens is 1. The quantitative estimate of drug-likeness (QED) is 0.379. The third-order valence-electron chi connectivity index (χ3n) is 6.00. The van der Waals surface area contributed by atoms with Crippen LogP contribution in [-0.2, 0) is 6.42 Å². The first-order chi connectivity index (χ1) is 16.1. The molecule has 1 saturated heterocycles. The van der Waals surface area contributed by atoms with E-state index in [4.69, 9.17) is 4.42 Å². The van der Waals surface area contributed by atoms with E-state index in [1.165, 1.54) is 37.9 Å². The van der Waals surface area contributed by atoms with Crippen molar-refractivity contribution in [3.63, 3.8) is 0 Å². The summed E-state index contributed by atoms with van der Waals surface area (Å²) in [6.45, 7) is 5.49. The fourth-order valence-corrected chi connectivity index (χ4v) is 4.20. The molecule has 170 valence electrons. The Hall–Kier alpha value is -3.65. The van der Waals surface area contributed by atoms with Gasteiger partial charge in [-0.1, -0.05) is 18.6 Å². The normalized spacial score (nSPS) is 14.5.